The number of nitrogens with zero attached hydrogens (tertiary/aromatic N) is 2. The Morgan fingerprint density at radius 3 is 2.13 bits per heavy atom. The lowest BCUT2D eigenvalue weighted by molar-refractivity contribution is -0.129. The highest BCUT2D eigenvalue weighted by atomic mass is 16.4. The Bertz CT molecular complexity index is 845. The minimum Gasteiger partial charge on any atom is -0.465 e. The molecule has 0 aliphatic carbocycles. The van der Waals surface area contributed by atoms with E-state index in [9.17, 15) is 14.7 Å². The van der Waals surface area contributed by atoms with Crippen LogP contribution in [-0.2, 0) is 11.2 Å². The summed E-state index contributed by atoms with van der Waals surface area (Å²) < 4.78 is 0. The van der Waals surface area contributed by atoms with Crippen LogP contribution in [0.1, 0.15) is 23.6 Å². The smallest absolute Gasteiger partial charge is 0.405 e. The molecule has 158 valence electrons. The van der Waals surface area contributed by atoms with Crippen LogP contribution < -0.4 is 5.32 Å². The van der Waals surface area contributed by atoms with E-state index in [-0.39, 0.29) is 11.9 Å². The van der Waals surface area contributed by atoms with Gasteiger partial charge in [-0.2, -0.15) is 0 Å². The van der Waals surface area contributed by atoms with Gasteiger partial charge >= 0.3 is 6.09 Å². The van der Waals surface area contributed by atoms with Crippen molar-refractivity contribution in [3.63, 3.8) is 0 Å². The molecule has 0 radical (unpaired) electrons. The molecule has 30 heavy (non-hydrogen) atoms. The first-order valence-corrected chi connectivity index (χ1v) is 10.7. The Hall–Kier alpha value is -2.86. The predicted molar refractivity (Wildman–Crippen MR) is 115 cm³/mol. The van der Waals surface area contributed by atoms with Gasteiger partial charge in [0.1, 0.15) is 0 Å². The molecule has 4 rings (SSSR count). The lowest BCUT2D eigenvalue weighted by atomic mass is 10.0. The number of carboxylic acid groups (broad SMARTS) is 1. The molecular formula is C24H29N3O3. The van der Waals surface area contributed by atoms with Gasteiger partial charge in [-0.15, -0.1) is 0 Å². The summed E-state index contributed by atoms with van der Waals surface area (Å²) in [6.45, 7) is 4.48. The lowest BCUT2D eigenvalue weighted by Crippen LogP contribution is -2.35. The van der Waals surface area contributed by atoms with E-state index in [0.717, 1.165) is 50.3 Å². The molecule has 2 aromatic rings. The maximum Gasteiger partial charge on any atom is 0.405 e. The normalized spacial score (nSPS) is 21.9. The topological polar surface area (TPSA) is 72.9 Å². The molecule has 2 unspecified atom stereocenters. The average molecular weight is 408 g/mol. The second kappa shape index (κ2) is 9.30. The summed E-state index contributed by atoms with van der Waals surface area (Å²) in [4.78, 5) is 28.3. The molecule has 2 aliphatic rings. The third-order valence-electron chi connectivity index (χ3n) is 6.35. The maximum atomic E-state index is 12.7. The summed E-state index contributed by atoms with van der Waals surface area (Å²) in [5, 5.41) is 11.8. The van der Waals surface area contributed by atoms with Crippen LogP contribution in [0.5, 0.6) is 0 Å². The van der Waals surface area contributed by atoms with Gasteiger partial charge in [-0.3, -0.25) is 4.79 Å². The number of carbonyl (C=O) groups is 2. The zero-order valence-corrected chi connectivity index (χ0v) is 17.1. The van der Waals surface area contributed by atoms with Crippen molar-refractivity contribution in [3.8, 4) is 0 Å². The van der Waals surface area contributed by atoms with Gasteiger partial charge in [-0.1, -0.05) is 60.7 Å². The van der Waals surface area contributed by atoms with E-state index in [0.29, 0.717) is 18.3 Å². The van der Waals surface area contributed by atoms with Crippen molar-refractivity contribution in [1.29, 1.82) is 0 Å². The number of nitrogens with one attached hydrogen (secondary N) is 1. The number of hydrogen-bond donors (Lipinski definition) is 2. The molecule has 6 nitrogen and oxygen atoms in total. The van der Waals surface area contributed by atoms with Crippen LogP contribution in [0.4, 0.5) is 4.79 Å². The molecule has 0 spiro atoms. The summed E-state index contributed by atoms with van der Waals surface area (Å²) in [5.74, 6) is 1.26. The van der Waals surface area contributed by atoms with Crippen molar-refractivity contribution in [2.75, 3.05) is 32.7 Å². The predicted octanol–water partition coefficient (Wildman–Crippen LogP) is 3.02. The van der Waals surface area contributed by atoms with Crippen molar-refractivity contribution in [2.45, 2.75) is 18.9 Å². The molecule has 0 saturated carbocycles. The van der Waals surface area contributed by atoms with E-state index in [1.54, 1.807) is 0 Å². The molecular weight excluding hydrogens is 378 g/mol. The summed E-state index contributed by atoms with van der Waals surface area (Å²) >= 11 is 0. The summed E-state index contributed by atoms with van der Waals surface area (Å²) in [7, 11) is 0. The molecule has 2 N–H and O–H groups in total. The number of likely N-dealkylation sites (tertiary alicyclic amines) is 2. The Morgan fingerprint density at radius 2 is 1.53 bits per heavy atom. The number of hydrogen-bond acceptors (Lipinski definition) is 3. The van der Waals surface area contributed by atoms with Crippen LogP contribution in [-0.4, -0.2) is 59.6 Å². The second-order valence-corrected chi connectivity index (χ2v) is 8.44. The first kappa shape index (κ1) is 20.4. The van der Waals surface area contributed by atoms with E-state index < -0.39 is 6.09 Å². The van der Waals surface area contributed by atoms with E-state index >= 15 is 0 Å². The van der Waals surface area contributed by atoms with Crippen LogP contribution in [0.2, 0.25) is 0 Å². The number of rotatable bonds is 7. The van der Waals surface area contributed by atoms with Crippen molar-refractivity contribution < 1.29 is 14.7 Å². The molecule has 2 fully saturated rings. The monoisotopic (exact) mass is 407 g/mol. The summed E-state index contributed by atoms with van der Waals surface area (Å²) in [6.07, 6.45) is 0.227. The largest absolute Gasteiger partial charge is 0.465 e. The number of carbonyl (C=O) groups excluding carboxylic acids is 1. The molecule has 0 aromatic heterocycles. The quantitative estimate of drug-likeness (QED) is 0.740. The molecule has 2 aliphatic heterocycles. The van der Waals surface area contributed by atoms with Gasteiger partial charge in [0.25, 0.3) is 0 Å². The van der Waals surface area contributed by atoms with Gasteiger partial charge in [0.05, 0.1) is 12.5 Å². The summed E-state index contributed by atoms with van der Waals surface area (Å²) in [6, 6.07) is 19.5. The van der Waals surface area contributed by atoms with Gasteiger partial charge < -0.3 is 20.2 Å². The van der Waals surface area contributed by atoms with Gasteiger partial charge in [0, 0.05) is 32.7 Å². The van der Waals surface area contributed by atoms with E-state index in [2.05, 4.69) is 10.2 Å². The number of amides is 2. The maximum absolute atomic E-state index is 12.7. The molecule has 2 amide bonds. The van der Waals surface area contributed by atoms with Gasteiger partial charge in [0.15, 0.2) is 0 Å². The molecule has 3 atom stereocenters. The zero-order valence-electron chi connectivity index (χ0n) is 17.1. The van der Waals surface area contributed by atoms with Crippen LogP contribution in [0.15, 0.2) is 60.7 Å². The van der Waals surface area contributed by atoms with E-state index in [1.807, 2.05) is 65.6 Å². The Morgan fingerprint density at radius 1 is 0.933 bits per heavy atom. The average Bonchev–Trinajstić information content (AvgIpc) is 3.31. The van der Waals surface area contributed by atoms with Gasteiger partial charge in [-0.05, 0) is 29.4 Å². The Kier molecular flexibility index (Phi) is 6.33. The standard InChI is InChI=1S/C24H29N3O3/c28-23(13-18-7-3-1-4-8-18)27-16-20-14-26(15-21(20)17-27)12-11-22(25-24(29)30)19-9-5-2-6-10-19/h1-10,20-22,25H,11-17H2,(H,29,30)/t20-,21?,22?/m0/s1. The lowest BCUT2D eigenvalue weighted by Gasteiger charge is -2.24. The first-order chi connectivity index (χ1) is 14.6. The highest BCUT2D eigenvalue weighted by Gasteiger charge is 2.41. The molecule has 6 heteroatoms. The van der Waals surface area contributed by atoms with Crippen LogP contribution in [0.25, 0.3) is 0 Å². The summed E-state index contributed by atoms with van der Waals surface area (Å²) in [5.41, 5.74) is 2.07. The SMILES string of the molecule is O=C(O)NC(CCN1CC2CN(C(=O)Cc3ccccc3)C[C@@H]2C1)c1ccccc1. The van der Waals surface area contributed by atoms with Crippen molar-refractivity contribution in [2.24, 2.45) is 11.8 Å². The number of benzene rings is 2. The van der Waals surface area contributed by atoms with Gasteiger partial charge in [-0.25, -0.2) is 4.79 Å². The molecule has 2 heterocycles. The first-order valence-electron chi connectivity index (χ1n) is 10.7. The van der Waals surface area contributed by atoms with E-state index in [4.69, 9.17) is 0 Å². The zero-order chi connectivity index (χ0) is 20.9. The van der Waals surface area contributed by atoms with Crippen molar-refractivity contribution in [1.82, 2.24) is 15.1 Å². The Labute approximate surface area is 177 Å². The van der Waals surface area contributed by atoms with Crippen LogP contribution in [0.3, 0.4) is 0 Å². The second-order valence-electron chi connectivity index (χ2n) is 8.44. The Balaban J connectivity index is 1.27. The van der Waals surface area contributed by atoms with Crippen LogP contribution >= 0.6 is 0 Å². The third-order valence-corrected chi connectivity index (χ3v) is 6.35. The minimum absolute atomic E-state index is 0.201. The molecule has 2 saturated heterocycles. The van der Waals surface area contributed by atoms with Crippen LogP contribution in [0, 0.1) is 11.8 Å². The fourth-order valence-electron chi connectivity index (χ4n) is 4.83. The van der Waals surface area contributed by atoms with Gasteiger partial charge in [0.2, 0.25) is 5.91 Å². The fourth-order valence-corrected chi connectivity index (χ4v) is 4.83. The van der Waals surface area contributed by atoms with Crippen molar-refractivity contribution >= 4 is 12.0 Å². The van der Waals surface area contributed by atoms with Crippen molar-refractivity contribution in [3.05, 3.63) is 71.8 Å². The third kappa shape index (κ3) is 5.00. The molecule has 2 aromatic carbocycles. The fraction of sp³-hybridized carbons (Fsp3) is 0.417. The molecule has 0 bridgehead atoms. The number of fused-ring (bicyclic) bond motifs is 1. The highest BCUT2D eigenvalue weighted by molar-refractivity contribution is 5.79. The minimum atomic E-state index is -0.991. The van der Waals surface area contributed by atoms with E-state index in [1.165, 1.54) is 0 Å². The highest BCUT2D eigenvalue weighted by Crippen LogP contribution is 2.32.